The van der Waals surface area contributed by atoms with Crippen molar-refractivity contribution in [3.63, 3.8) is 0 Å². The molecule has 1 aliphatic rings. The lowest BCUT2D eigenvalue weighted by molar-refractivity contribution is -0.172. The fourth-order valence-corrected chi connectivity index (χ4v) is 2.47. The van der Waals surface area contributed by atoms with Crippen LogP contribution in [-0.4, -0.2) is 28.5 Å². The van der Waals surface area contributed by atoms with E-state index in [1.54, 1.807) is 0 Å². The maximum Gasteiger partial charge on any atom is 0.0953 e. The molecule has 15 heavy (non-hydrogen) atoms. The van der Waals surface area contributed by atoms with E-state index in [9.17, 15) is 10.2 Å². The highest BCUT2D eigenvalue weighted by Crippen LogP contribution is 2.50. The molecular formula is C12H16O3. The van der Waals surface area contributed by atoms with Gasteiger partial charge in [-0.15, -0.1) is 0 Å². The number of hydrogen-bond donors (Lipinski definition) is 3. The van der Waals surface area contributed by atoms with E-state index in [0.29, 0.717) is 6.42 Å². The van der Waals surface area contributed by atoms with Gasteiger partial charge in [0.05, 0.1) is 5.60 Å². The Balaban J connectivity index is 2.22. The first-order valence-electron chi connectivity index (χ1n) is 5.22. The van der Waals surface area contributed by atoms with E-state index in [4.69, 9.17) is 5.11 Å². The minimum absolute atomic E-state index is 0.0141. The number of benzene rings is 1. The molecule has 0 radical (unpaired) electrons. The summed E-state index contributed by atoms with van der Waals surface area (Å²) in [7, 11) is 0. The molecule has 0 aliphatic heterocycles. The Bertz CT molecular complexity index is 325. The SMILES string of the molecule is OC[C@H]1C[C@@](O)(c2ccccc2)[C@@H]1CO. The molecule has 1 aromatic rings. The smallest absolute Gasteiger partial charge is 0.0953 e. The van der Waals surface area contributed by atoms with Crippen LogP contribution in [0.25, 0.3) is 0 Å². The van der Waals surface area contributed by atoms with Gasteiger partial charge in [0.15, 0.2) is 0 Å². The van der Waals surface area contributed by atoms with Gasteiger partial charge in [0.2, 0.25) is 0 Å². The summed E-state index contributed by atoms with van der Waals surface area (Å²) in [5.74, 6) is -0.231. The lowest BCUT2D eigenvalue weighted by atomic mass is 9.59. The summed E-state index contributed by atoms with van der Waals surface area (Å²) in [6.07, 6.45) is 0.527. The van der Waals surface area contributed by atoms with E-state index in [2.05, 4.69) is 0 Å². The summed E-state index contributed by atoms with van der Waals surface area (Å²) in [4.78, 5) is 0. The van der Waals surface area contributed by atoms with E-state index < -0.39 is 5.60 Å². The van der Waals surface area contributed by atoms with Gasteiger partial charge in [-0.3, -0.25) is 0 Å². The molecule has 0 spiro atoms. The van der Waals surface area contributed by atoms with Crippen LogP contribution in [0, 0.1) is 11.8 Å². The van der Waals surface area contributed by atoms with Crippen LogP contribution in [0.1, 0.15) is 12.0 Å². The van der Waals surface area contributed by atoms with Crippen LogP contribution in [0.5, 0.6) is 0 Å². The first kappa shape index (κ1) is 10.6. The molecule has 82 valence electrons. The Morgan fingerprint density at radius 3 is 2.33 bits per heavy atom. The van der Waals surface area contributed by atoms with Crippen molar-refractivity contribution in [2.45, 2.75) is 12.0 Å². The van der Waals surface area contributed by atoms with Gasteiger partial charge in [-0.05, 0) is 17.9 Å². The van der Waals surface area contributed by atoms with Gasteiger partial charge in [0, 0.05) is 19.1 Å². The molecule has 0 unspecified atom stereocenters. The zero-order chi connectivity index (χ0) is 10.9. The fourth-order valence-electron chi connectivity index (χ4n) is 2.47. The van der Waals surface area contributed by atoms with Gasteiger partial charge in [-0.25, -0.2) is 0 Å². The molecular weight excluding hydrogens is 192 g/mol. The van der Waals surface area contributed by atoms with Crippen molar-refractivity contribution < 1.29 is 15.3 Å². The third-order valence-corrected chi connectivity index (χ3v) is 3.46. The maximum absolute atomic E-state index is 10.4. The normalized spacial score (nSPS) is 34.9. The predicted octanol–water partition coefficient (Wildman–Crippen LogP) is 0.495. The summed E-state index contributed by atoms with van der Waals surface area (Å²) < 4.78 is 0. The largest absolute Gasteiger partial charge is 0.396 e. The average Bonchev–Trinajstić information content (AvgIpc) is 2.27. The minimum atomic E-state index is -0.955. The predicted molar refractivity (Wildman–Crippen MR) is 56.1 cm³/mol. The zero-order valence-corrected chi connectivity index (χ0v) is 8.50. The van der Waals surface area contributed by atoms with Crippen molar-refractivity contribution in [1.82, 2.24) is 0 Å². The second-order valence-electron chi connectivity index (χ2n) is 4.23. The number of hydrogen-bond acceptors (Lipinski definition) is 3. The van der Waals surface area contributed by atoms with E-state index in [0.717, 1.165) is 5.56 Å². The molecule has 3 N–H and O–H groups in total. The molecule has 1 fully saturated rings. The molecule has 2 rings (SSSR count). The van der Waals surface area contributed by atoms with Gasteiger partial charge in [0.1, 0.15) is 0 Å². The molecule has 1 aliphatic carbocycles. The van der Waals surface area contributed by atoms with Gasteiger partial charge >= 0.3 is 0 Å². The quantitative estimate of drug-likeness (QED) is 0.677. The third-order valence-electron chi connectivity index (χ3n) is 3.46. The highest BCUT2D eigenvalue weighted by molar-refractivity contribution is 5.27. The number of aliphatic hydroxyl groups excluding tert-OH is 2. The second-order valence-corrected chi connectivity index (χ2v) is 4.23. The Labute approximate surface area is 89.0 Å². The van der Waals surface area contributed by atoms with E-state index >= 15 is 0 Å². The van der Waals surface area contributed by atoms with Gasteiger partial charge < -0.3 is 15.3 Å². The van der Waals surface area contributed by atoms with Crippen LogP contribution >= 0.6 is 0 Å². The van der Waals surface area contributed by atoms with Crippen LogP contribution in [0.3, 0.4) is 0 Å². The van der Waals surface area contributed by atoms with Crippen LogP contribution in [0.15, 0.2) is 30.3 Å². The number of aliphatic hydroxyl groups is 3. The molecule has 1 aromatic carbocycles. The Kier molecular flexibility index (Phi) is 2.78. The van der Waals surface area contributed by atoms with Crippen molar-refractivity contribution in [2.75, 3.05) is 13.2 Å². The van der Waals surface area contributed by atoms with Crippen molar-refractivity contribution in [3.05, 3.63) is 35.9 Å². The topological polar surface area (TPSA) is 60.7 Å². The fraction of sp³-hybridized carbons (Fsp3) is 0.500. The molecule has 1 saturated carbocycles. The standard InChI is InChI=1S/C12H16O3/c13-7-9-6-12(15,11(9)8-14)10-4-2-1-3-5-10/h1-5,9,11,13-15H,6-8H2/t9-,11-,12-/m1/s1. The summed E-state index contributed by atoms with van der Waals surface area (Å²) in [6, 6.07) is 9.34. The molecule has 3 nitrogen and oxygen atoms in total. The summed E-state index contributed by atoms with van der Waals surface area (Å²) in [5.41, 5.74) is -0.127. The minimum Gasteiger partial charge on any atom is -0.396 e. The lowest BCUT2D eigenvalue weighted by Gasteiger charge is -2.50. The molecule has 0 bridgehead atoms. The van der Waals surface area contributed by atoms with Crippen molar-refractivity contribution >= 4 is 0 Å². The molecule has 3 heteroatoms. The Hall–Kier alpha value is -0.900. The monoisotopic (exact) mass is 208 g/mol. The molecule has 3 atom stereocenters. The molecule has 0 saturated heterocycles. The van der Waals surface area contributed by atoms with Gasteiger partial charge in [0.25, 0.3) is 0 Å². The van der Waals surface area contributed by atoms with Crippen molar-refractivity contribution in [2.24, 2.45) is 11.8 Å². The average molecular weight is 208 g/mol. The maximum atomic E-state index is 10.4. The zero-order valence-electron chi connectivity index (χ0n) is 8.50. The molecule has 0 heterocycles. The summed E-state index contributed by atoms with van der Waals surface area (Å²) in [5, 5.41) is 28.6. The van der Waals surface area contributed by atoms with Crippen LogP contribution in [-0.2, 0) is 5.60 Å². The Morgan fingerprint density at radius 2 is 1.80 bits per heavy atom. The first-order valence-corrected chi connectivity index (χ1v) is 5.22. The van der Waals surface area contributed by atoms with Crippen molar-refractivity contribution in [1.29, 1.82) is 0 Å². The lowest BCUT2D eigenvalue weighted by Crippen LogP contribution is -2.54. The van der Waals surface area contributed by atoms with Crippen LogP contribution in [0.2, 0.25) is 0 Å². The summed E-state index contributed by atoms with van der Waals surface area (Å²) in [6.45, 7) is -0.0585. The van der Waals surface area contributed by atoms with E-state index in [1.165, 1.54) is 0 Å². The van der Waals surface area contributed by atoms with Crippen LogP contribution < -0.4 is 0 Å². The molecule has 0 amide bonds. The van der Waals surface area contributed by atoms with Crippen LogP contribution in [0.4, 0.5) is 0 Å². The third kappa shape index (κ3) is 1.57. The van der Waals surface area contributed by atoms with E-state index in [1.807, 2.05) is 30.3 Å². The Morgan fingerprint density at radius 1 is 1.13 bits per heavy atom. The second kappa shape index (κ2) is 3.93. The first-order chi connectivity index (χ1) is 7.22. The summed E-state index contributed by atoms with van der Waals surface area (Å²) >= 11 is 0. The van der Waals surface area contributed by atoms with Gasteiger partial charge in [-0.1, -0.05) is 30.3 Å². The van der Waals surface area contributed by atoms with Gasteiger partial charge in [-0.2, -0.15) is 0 Å². The molecule has 0 aromatic heterocycles. The highest BCUT2D eigenvalue weighted by atomic mass is 16.3. The highest BCUT2D eigenvalue weighted by Gasteiger charge is 2.52. The van der Waals surface area contributed by atoms with E-state index in [-0.39, 0.29) is 25.0 Å². The number of rotatable bonds is 3. The van der Waals surface area contributed by atoms with Crippen molar-refractivity contribution in [3.8, 4) is 0 Å².